The SMILES string of the molecule is CN[C@@H]1C[C@@H]1c1c(C)ccc(C)c1C. The van der Waals surface area contributed by atoms with Crippen LogP contribution in [-0.2, 0) is 0 Å². The second-order valence-electron chi connectivity index (χ2n) is 4.48. The van der Waals surface area contributed by atoms with Gasteiger partial charge in [0.2, 0.25) is 0 Å². The van der Waals surface area contributed by atoms with Crippen LogP contribution >= 0.6 is 0 Å². The first-order chi connectivity index (χ1) is 6.65. The summed E-state index contributed by atoms with van der Waals surface area (Å²) in [5.74, 6) is 0.764. The van der Waals surface area contributed by atoms with Crippen molar-refractivity contribution >= 4 is 0 Å². The summed E-state index contributed by atoms with van der Waals surface area (Å²) in [7, 11) is 2.06. The van der Waals surface area contributed by atoms with Gasteiger partial charge in [-0.2, -0.15) is 0 Å². The van der Waals surface area contributed by atoms with Crippen molar-refractivity contribution in [1.82, 2.24) is 5.32 Å². The normalized spacial score (nSPS) is 25.1. The summed E-state index contributed by atoms with van der Waals surface area (Å²) in [6.45, 7) is 6.69. The highest BCUT2D eigenvalue weighted by atomic mass is 14.9. The molecule has 2 rings (SSSR count). The average Bonchev–Trinajstić information content (AvgIpc) is 2.92. The van der Waals surface area contributed by atoms with Crippen LogP contribution in [0.25, 0.3) is 0 Å². The third-order valence-corrected chi connectivity index (χ3v) is 3.54. The molecular weight excluding hydrogens is 170 g/mol. The van der Waals surface area contributed by atoms with Gasteiger partial charge in [0, 0.05) is 12.0 Å². The molecule has 0 aliphatic heterocycles. The smallest absolute Gasteiger partial charge is 0.0140 e. The first kappa shape index (κ1) is 9.72. The molecule has 1 nitrogen and oxygen atoms in total. The minimum Gasteiger partial charge on any atom is -0.316 e. The van der Waals surface area contributed by atoms with Gasteiger partial charge in [-0.25, -0.2) is 0 Å². The highest BCUT2D eigenvalue weighted by molar-refractivity contribution is 5.44. The number of rotatable bonds is 2. The lowest BCUT2D eigenvalue weighted by Crippen LogP contribution is -2.11. The fraction of sp³-hybridized carbons (Fsp3) is 0.538. The quantitative estimate of drug-likeness (QED) is 0.754. The van der Waals surface area contributed by atoms with E-state index in [-0.39, 0.29) is 0 Å². The maximum Gasteiger partial charge on any atom is 0.0140 e. The molecule has 14 heavy (non-hydrogen) atoms. The molecule has 2 atom stereocenters. The van der Waals surface area contributed by atoms with E-state index in [1.165, 1.54) is 23.1 Å². The molecule has 1 N–H and O–H groups in total. The van der Waals surface area contributed by atoms with Crippen LogP contribution < -0.4 is 5.32 Å². The molecule has 0 radical (unpaired) electrons. The number of aryl methyl sites for hydroxylation is 2. The highest BCUT2D eigenvalue weighted by Gasteiger charge is 2.38. The minimum atomic E-state index is 0.717. The van der Waals surface area contributed by atoms with E-state index in [4.69, 9.17) is 0 Å². The average molecular weight is 189 g/mol. The summed E-state index contributed by atoms with van der Waals surface area (Å²) in [6, 6.07) is 5.20. The third kappa shape index (κ3) is 1.46. The molecule has 1 aliphatic rings. The van der Waals surface area contributed by atoms with E-state index in [9.17, 15) is 0 Å². The molecule has 0 amide bonds. The fourth-order valence-electron chi connectivity index (χ4n) is 2.38. The Morgan fingerprint density at radius 2 is 1.79 bits per heavy atom. The predicted octanol–water partition coefficient (Wildman–Crippen LogP) is 2.69. The number of hydrogen-bond acceptors (Lipinski definition) is 1. The van der Waals surface area contributed by atoms with Crippen LogP contribution in [0, 0.1) is 20.8 Å². The molecule has 0 unspecified atom stereocenters. The van der Waals surface area contributed by atoms with Gasteiger partial charge in [-0.1, -0.05) is 12.1 Å². The summed E-state index contributed by atoms with van der Waals surface area (Å²) in [6.07, 6.45) is 1.31. The van der Waals surface area contributed by atoms with Crippen molar-refractivity contribution in [2.45, 2.75) is 39.2 Å². The van der Waals surface area contributed by atoms with Crippen molar-refractivity contribution in [2.75, 3.05) is 7.05 Å². The number of nitrogens with one attached hydrogen (secondary N) is 1. The van der Waals surface area contributed by atoms with E-state index < -0.39 is 0 Å². The van der Waals surface area contributed by atoms with E-state index in [0.717, 1.165) is 5.92 Å². The van der Waals surface area contributed by atoms with Crippen LogP contribution in [0.3, 0.4) is 0 Å². The predicted molar refractivity (Wildman–Crippen MR) is 60.9 cm³/mol. The Morgan fingerprint density at radius 1 is 1.14 bits per heavy atom. The largest absolute Gasteiger partial charge is 0.316 e. The second kappa shape index (κ2) is 3.39. The van der Waals surface area contributed by atoms with Crippen molar-refractivity contribution in [3.8, 4) is 0 Å². The Balaban J connectivity index is 2.38. The van der Waals surface area contributed by atoms with Gasteiger partial charge in [0.05, 0.1) is 0 Å². The Bertz CT molecular complexity index is 354. The lowest BCUT2D eigenvalue weighted by Gasteiger charge is -2.12. The molecule has 0 saturated heterocycles. The fourth-order valence-corrected chi connectivity index (χ4v) is 2.38. The molecule has 1 aromatic carbocycles. The van der Waals surface area contributed by atoms with Gasteiger partial charge in [0.15, 0.2) is 0 Å². The maximum atomic E-state index is 3.36. The molecule has 0 heterocycles. The molecule has 0 bridgehead atoms. The van der Waals surface area contributed by atoms with Crippen LogP contribution in [-0.4, -0.2) is 13.1 Å². The molecule has 1 aliphatic carbocycles. The van der Waals surface area contributed by atoms with E-state index >= 15 is 0 Å². The van der Waals surface area contributed by atoms with Crippen molar-refractivity contribution in [2.24, 2.45) is 0 Å². The summed E-state index contributed by atoms with van der Waals surface area (Å²) >= 11 is 0. The highest BCUT2D eigenvalue weighted by Crippen LogP contribution is 2.43. The Morgan fingerprint density at radius 3 is 2.36 bits per heavy atom. The Labute approximate surface area is 86.5 Å². The third-order valence-electron chi connectivity index (χ3n) is 3.54. The zero-order chi connectivity index (χ0) is 10.3. The zero-order valence-corrected chi connectivity index (χ0v) is 9.52. The monoisotopic (exact) mass is 189 g/mol. The van der Waals surface area contributed by atoms with E-state index in [1.807, 2.05) is 0 Å². The van der Waals surface area contributed by atoms with Gasteiger partial charge < -0.3 is 5.32 Å². The lowest BCUT2D eigenvalue weighted by molar-refractivity contribution is 0.779. The molecule has 1 heteroatoms. The molecule has 1 saturated carbocycles. The second-order valence-corrected chi connectivity index (χ2v) is 4.48. The summed E-state index contributed by atoms with van der Waals surface area (Å²) in [5, 5.41) is 3.36. The van der Waals surface area contributed by atoms with Crippen molar-refractivity contribution < 1.29 is 0 Å². The number of benzene rings is 1. The summed E-state index contributed by atoms with van der Waals surface area (Å²) < 4.78 is 0. The molecule has 1 fully saturated rings. The first-order valence-corrected chi connectivity index (χ1v) is 5.39. The van der Waals surface area contributed by atoms with Crippen molar-refractivity contribution in [3.63, 3.8) is 0 Å². The molecule has 1 aromatic rings. The standard InChI is InChI=1S/C13H19N/c1-8-5-6-9(2)13(10(8)3)11-7-12(11)14-4/h5-6,11-12,14H,7H2,1-4H3/t11-,12+/m0/s1. The van der Waals surface area contributed by atoms with Crippen LogP contribution in [0.15, 0.2) is 12.1 Å². The molecular formula is C13H19N. The lowest BCUT2D eigenvalue weighted by atomic mass is 9.95. The Kier molecular flexibility index (Phi) is 2.36. The van der Waals surface area contributed by atoms with Gasteiger partial charge in [0.1, 0.15) is 0 Å². The van der Waals surface area contributed by atoms with Gasteiger partial charge in [-0.15, -0.1) is 0 Å². The van der Waals surface area contributed by atoms with Crippen LogP contribution in [0.2, 0.25) is 0 Å². The van der Waals surface area contributed by atoms with Crippen LogP contribution in [0.5, 0.6) is 0 Å². The van der Waals surface area contributed by atoms with E-state index in [0.29, 0.717) is 6.04 Å². The molecule has 0 aromatic heterocycles. The summed E-state index contributed by atoms with van der Waals surface area (Å²) in [4.78, 5) is 0. The van der Waals surface area contributed by atoms with Gasteiger partial charge in [0.25, 0.3) is 0 Å². The van der Waals surface area contributed by atoms with Gasteiger partial charge in [-0.3, -0.25) is 0 Å². The maximum absolute atomic E-state index is 3.36. The zero-order valence-electron chi connectivity index (χ0n) is 9.52. The number of hydrogen-bond donors (Lipinski definition) is 1. The van der Waals surface area contributed by atoms with Gasteiger partial charge in [-0.05, 0) is 56.5 Å². The van der Waals surface area contributed by atoms with E-state index in [2.05, 4.69) is 45.3 Å². The minimum absolute atomic E-state index is 0.717. The Hall–Kier alpha value is -0.820. The number of likely N-dealkylation sites (N-methyl/N-ethyl adjacent to an activating group) is 1. The van der Waals surface area contributed by atoms with Crippen molar-refractivity contribution in [3.05, 3.63) is 34.4 Å². The van der Waals surface area contributed by atoms with Crippen LogP contribution in [0.4, 0.5) is 0 Å². The van der Waals surface area contributed by atoms with Gasteiger partial charge >= 0.3 is 0 Å². The molecule has 76 valence electrons. The first-order valence-electron chi connectivity index (χ1n) is 5.39. The van der Waals surface area contributed by atoms with Crippen LogP contribution in [0.1, 0.15) is 34.6 Å². The van der Waals surface area contributed by atoms with E-state index in [1.54, 1.807) is 5.56 Å². The molecule has 0 spiro atoms. The topological polar surface area (TPSA) is 12.0 Å². The summed E-state index contributed by atoms with van der Waals surface area (Å²) in [5.41, 5.74) is 5.96. The van der Waals surface area contributed by atoms with Crippen molar-refractivity contribution in [1.29, 1.82) is 0 Å².